The predicted octanol–water partition coefficient (Wildman–Crippen LogP) is 3.41. The molecule has 0 saturated carbocycles. The molecule has 0 aliphatic rings. The van der Waals surface area contributed by atoms with Crippen molar-refractivity contribution in [3.05, 3.63) is 53.6 Å². The van der Waals surface area contributed by atoms with Crippen LogP contribution in [0, 0.1) is 0 Å². The van der Waals surface area contributed by atoms with Crippen molar-refractivity contribution in [3.63, 3.8) is 0 Å². The second-order valence-corrected chi connectivity index (χ2v) is 6.20. The molecule has 88 valence electrons. The van der Waals surface area contributed by atoms with Gasteiger partial charge in [-0.25, -0.2) is 8.42 Å². The summed E-state index contributed by atoms with van der Waals surface area (Å²) < 4.78 is 22.6. The number of hydrogen-bond acceptors (Lipinski definition) is 2. The van der Waals surface area contributed by atoms with Crippen molar-refractivity contribution in [2.24, 2.45) is 0 Å². The molecule has 2 nitrogen and oxygen atoms in total. The van der Waals surface area contributed by atoms with E-state index in [9.17, 15) is 8.42 Å². The highest BCUT2D eigenvalue weighted by Crippen LogP contribution is 2.28. The lowest BCUT2D eigenvalue weighted by Gasteiger charge is -2.05. The summed E-state index contributed by atoms with van der Waals surface area (Å²) in [6.07, 6.45) is 1.19. The molecule has 2 aromatic rings. The monoisotopic (exact) mass is 266 g/mol. The Labute approximate surface area is 106 Å². The second kappa shape index (κ2) is 4.51. The van der Waals surface area contributed by atoms with Gasteiger partial charge < -0.3 is 0 Å². The fourth-order valence-corrected chi connectivity index (χ4v) is 2.45. The van der Waals surface area contributed by atoms with Gasteiger partial charge >= 0.3 is 0 Å². The van der Waals surface area contributed by atoms with Gasteiger partial charge in [-0.05, 0) is 23.8 Å². The lowest BCUT2D eigenvalue weighted by molar-refractivity contribution is 0.602. The van der Waals surface area contributed by atoms with Gasteiger partial charge in [-0.3, -0.25) is 0 Å². The summed E-state index contributed by atoms with van der Waals surface area (Å²) in [5.74, 6) is 0. The number of halogens is 1. The molecule has 0 spiro atoms. The van der Waals surface area contributed by atoms with E-state index in [0.29, 0.717) is 9.92 Å². The molecular weight excluding hydrogens is 256 g/mol. The molecule has 0 bridgehead atoms. The summed E-state index contributed by atoms with van der Waals surface area (Å²) in [6.45, 7) is 0. The van der Waals surface area contributed by atoms with Crippen LogP contribution in [0.1, 0.15) is 0 Å². The third-order valence-electron chi connectivity index (χ3n) is 2.47. The lowest BCUT2D eigenvalue weighted by atomic mass is 10.1. The maximum absolute atomic E-state index is 11.3. The molecule has 17 heavy (non-hydrogen) atoms. The SMILES string of the molecule is CS(=O)(=O)c1ccc(-c2ccccc2Cl)cc1. The first-order chi connectivity index (χ1) is 7.98. The third-order valence-corrected chi connectivity index (χ3v) is 3.93. The van der Waals surface area contributed by atoms with Gasteiger partial charge in [0.1, 0.15) is 0 Å². The van der Waals surface area contributed by atoms with Crippen LogP contribution in [0.4, 0.5) is 0 Å². The van der Waals surface area contributed by atoms with E-state index in [0.717, 1.165) is 11.1 Å². The summed E-state index contributed by atoms with van der Waals surface area (Å²) in [4.78, 5) is 0.313. The topological polar surface area (TPSA) is 34.1 Å². The maximum Gasteiger partial charge on any atom is 0.175 e. The van der Waals surface area contributed by atoms with Crippen LogP contribution in [0.5, 0.6) is 0 Å². The minimum atomic E-state index is -3.14. The van der Waals surface area contributed by atoms with Crippen molar-refractivity contribution in [2.45, 2.75) is 4.90 Å². The Hall–Kier alpha value is -1.32. The first-order valence-electron chi connectivity index (χ1n) is 5.03. The number of benzene rings is 2. The van der Waals surface area contributed by atoms with Gasteiger partial charge in [0.2, 0.25) is 0 Å². The molecule has 0 fully saturated rings. The molecule has 2 aromatic carbocycles. The first kappa shape index (κ1) is 12.1. The highest BCUT2D eigenvalue weighted by atomic mass is 35.5. The molecule has 2 rings (SSSR count). The molecular formula is C13H11ClO2S. The zero-order valence-corrected chi connectivity index (χ0v) is 10.8. The van der Waals surface area contributed by atoms with E-state index in [-0.39, 0.29) is 0 Å². The van der Waals surface area contributed by atoms with E-state index < -0.39 is 9.84 Å². The van der Waals surface area contributed by atoms with Gasteiger partial charge in [-0.2, -0.15) is 0 Å². The summed E-state index contributed by atoms with van der Waals surface area (Å²) in [5, 5.41) is 0.652. The Morgan fingerprint density at radius 2 is 1.53 bits per heavy atom. The van der Waals surface area contributed by atoms with Gasteiger partial charge in [-0.1, -0.05) is 41.9 Å². The Bertz CT molecular complexity index is 631. The standard InChI is InChI=1S/C13H11ClO2S/c1-17(15,16)11-8-6-10(7-9-11)12-4-2-3-5-13(12)14/h2-9H,1H3. The Kier molecular flexibility index (Phi) is 3.22. The Balaban J connectivity index is 2.47. The van der Waals surface area contributed by atoms with Crippen LogP contribution in [0.2, 0.25) is 5.02 Å². The number of rotatable bonds is 2. The van der Waals surface area contributed by atoms with Crippen LogP contribution in [0.15, 0.2) is 53.4 Å². The van der Waals surface area contributed by atoms with Crippen LogP contribution in [-0.4, -0.2) is 14.7 Å². The average molecular weight is 267 g/mol. The van der Waals surface area contributed by atoms with Crippen molar-refractivity contribution in [2.75, 3.05) is 6.26 Å². The molecule has 0 unspecified atom stereocenters. The van der Waals surface area contributed by atoms with Crippen LogP contribution in [0.3, 0.4) is 0 Å². The number of hydrogen-bond donors (Lipinski definition) is 0. The van der Waals surface area contributed by atoms with Crippen LogP contribution in [0.25, 0.3) is 11.1 Å². The van der Waals surface area contributed by atoms with Crippen molar-refractivity contribution in [3.8, 4) is 11.1 Å². The highest BCUT2D eigenvalue weighted by Gasteiger charge is 2.07. The Morgan fingerprint density at radius 3 is 2.06 bits per heavy atom. The van der Waals surface area contributed by atoms with Gasteiger partial charge in [0.15, 0.2) is 9.84 Å². The molecule has 0 atom stereocenters. The number of sulfone groups is 1. The van der Waals surface area contributed by atoms with E-state index in [4.69, 9.17) is 11.6 Å². The zero-order valence-electron chi connectivity index (χ0n) is 9.22. The van der Waals surface area contributed by atoms with Crippen molar-refractivity contribution in [1.82, 2.24) is 0 Å². The normalized spacial score (nSPS) is 11.4. The quantitative estimate of drug-likeness (QED) is 0.835. The average Bonchev–Trinajstić information content (AvgIpc) is 2.29. The smallest absolute Gasteiger partial charge is 0.175 e. The fourth-order valence-electron chi connectivity index (χ4n) is 1.58. The molecule has 0 aliphatic heterocycles. The molecule has 0 amide bonds. The van der Waals surface area contributed by atoms with E-state index in [2.05, 4.69) is 0 Å². The third kappa shape index (κ3) is 2.68. The van der Waals surface area contributed by atoms with E-state index >= 15 is 0 Å². The zero-order chi connectivity index (χ0) is 12.5. The summed E-state index contributed by atoms with van der Waals surface area (Å²) in [6, 6.07) is 14.2. The fraction of sp³-hybridized carbons (Fsp3) is 0.0769. The van der Waals surface area contributed by atoms with Crippen molar-refractivity contribution in [1.29, 1.82) is 0 Å². The van der Waals surface area contributed by atoms with Crippen molar-refractivity contribution >= 4 is 21.4 Å². The van der Waals surface area contributed by atoms with Gasteiger partial charge in [-0.15, -0.1) is 0 Å². The maximum atomic E-state index is 11.3. The molecule has 0 N–H and O–H groups in total. The summed E-state index contributed by atoms with van der Waals surface area (Å²) in [5.41, 5.74) is 1.80. The molecule has 0 aromatic heterocycles. The van der Waals surface area contributed by atoms with Crippen LogP contribution < -0.4 is 0 Å². The minimum Gasteiger partial charge on any atom is -0.224 e. The highest BCUT2D eigenvalue weighted by molar-refractivity contribution is 7.90. The van der Waals surface area contributed by atoms with Gasteiger partial charge in [0.05, 0.1) is 4.90 Å². The van der Waals surface area contributed by atoms with Crippen molar-refractivity contribution < 1.29 is 8.42 Å². The molecule has 4 heteroatoms. The molecule has 0 saturated heterocycles. The first-order valence-corrected chi connectivity index (χ1v) is 7.30. The summed E-state index contributed by atoms with van der Waals surface area (Å²) in [7, 11) is -3.14. The second-order valence-electron chi connectivity index (χ2n) is 3.78. The predicted molar refractivity (Wildman–Crippen MR) is 70.0 cm³/mol. The van der Waals surface area contributed by atoms with E-state index in [1.54, 1.807) is 30.3 Å². The molecule has 0 radical (unpaired) electrons. The summed E-state index contributed by atoms with van der Waals surface area (Å²) >= 11 is 6.07. The van der Waals surface area contributed by atoms with E-state index in [1.165, 1.54) is 6.26 Å². The largest absolute Gasteiger partial charge is 0.224 e. The van der Waals surface area contributed by atoms with Crippen LogP contribution in [-0.2, 0) is 9.84 Å². The van der Waals surface area contributed by atoms with Gasteiger partial charge in [0, 0.05) is 16.8 Å². The minimum absolute atomic E-state index is 0.313. The molecule has 0 heterocycles. The Morgan fingerprint density at radius 1 is 0.941 bits per heavy atom. The lowest BCUT2D eigenvalue weighted by Crippen LogP contribution is -1.96. The van der Waals surface area contributed by atoms with Crippen LogP contribution >= 0.6 is 11.6 Å². The van der Waals surface area contributed by atoms with Gasteiger partial charge in [0.25, 0.3) is 0 Å². The van der Waals surface area contributed by atoms with E-state index in [1.807, 2.05) is 18.2 Å². The molecule has 0 aliphatic carbocycles.